The SMILES string of the molecule is [2H]C([2H])([2H])c1ccc(-c2cccc3c2oc2c4ccccc4ccc32)nc1. The summed E-state index contributed by atoms with van der Waals surface area (Å²) in [4.78, 5) is 4.38. The van der Waals surface area contributed by atoms with Crippen LogP contribution in [0, 0.1) is 6.85 Å². The van der Waals surface area contributed by atoms with Gasteiger partial charge in [-0.15, -0.1) is 0 Å². The highest BCUT2D eigenvalue weighted by molar-refractivity contribution is 6.17. The minimum atomic E-state index is -2.16. The smallest absolute Gasteiger partial charge is 0.144 e. The van der Waals surface area contributed by atoms with E-state index in [0.29, 0.717) is 5.69 Å². The second-order valence-corrected chi connectivity index (χ2v) is 5.88. The Labute approximate surface area is 143 Å². The van der Waals surface area contributed by atoms with Crippen molar-refractivity contribution in [3.05, 3.63) is 78.5 Å². The molecule has 0 amide bonds. The summed E-state index contributed by atoms with van der Waals surface area (Å²) in [7, 11) is 0. The van der Waals surface area contributed by atoms with Crippen LogP contribution in [0.1, 0.15) is 9.68 Å². The summed E-state index contributed by atoms with van der Waals surface area (Å²) in [5.41, 5.74) is 3.39. The van der Waals surface area contributed by atoms with Crippen molar-refractivity contribution in [2.45, 2.75) is 6.85 Å². The third kappa shape index (κ3) is 1.86. The lowest BCUT2D eigenvalue weighted by Crippen LogP contribution is -1.84. The minimum absolute atomic E-state index is 0.231. The zero-order chi connectivity index (χ0) is 18.6. The van der Waals surface area contributed by atoms with Gasteiger partial charge in [-0.05, 0) is 36.0 Å². The van der Waals surface area contributed by atoms with Crippen LogP contribution in [0.3, 0.4) is 0 Å². The van der Waals surface area contributed by atoms with Gasteiger partial charge in [-0.3, -0.25) is 4.98 Å². The second kappa shape index (κ2) is 4.93. The number of nitrogens with zero attached hydrogens (tertiary/aromatic N) is 1. The first-order chi connectivity index (χ1) is 13.0. The maximum absolute atomic E-state index is 7.50. The Balaban J connectivity index is 1.77. The summed E-state index contributed by atoms with van der Waals surface area (Å²) in [6.45, 7) is -2.16. The molecule has 0 aliphatic carbocycles. The van der Waals surface area contributed by atoms with E-state index >= 15 is 0 Å². The van der Waals surface area contributed by atoms with E-state index in [9.17, 15) is 0 Å². The maximum Gasteiger partial charge on any atom is 0.144 e. The van der Waals surface area contributed by atoms with E-state index in [1.54, 1.807) is 12.1 Å². The summed E-state index contributed by atoms with van der Waals surface area (Å²) < 4.78 is 28.8. The Hall–Kier alpha value is -3.13. The molecule has 5 rings (SSSR count). The minimum Gasteiger partial charge on any atom is -0.455 e. The maximum atomic E-state index is 7.50. The lowest BCUT2D eigenvalue weighted by molar-refractivity contribution is 0.673. The van der Waals surface area contributed by atoms with Crippen molar-refractivity contribution in [1.82, 2.24) is 4.98 Å². The fraction of sp³-hybridized carbons (Fsp3) is 0.0455. The quantitative estimate of drug-likeness (QED) is 0.373. The second-order valence-electron chi connectivity index (χ2n) is 5.88. The molecule has 0 atom stereocenters. The molecule has 0 bridgehead atoms. The van der Waals surface area contributed by atoms with E-state index in [0.717, 1.165) is 38.3 Å². The third-order valence-corrected chi connectivity index (χ3v) is 4.43. The fourth-order valence-electron chi connectivity index (χ4n) is 3.28. The molecule has 0 radical (unpaired) electrons. The first kappa shape index (κ1) is 10.6. The number of benzene rings is 3. The van der Waals surface area contributed by atoms with Crippen LogP contribution in [-0.2, 0) is 0 Å². The molecule has 0 fully saturated rings. The highest BCUT2D eigenvalue weighted by Crippen LogP contribution is 2.38. The van der Waals surface area contributed by atoms with Crippen LogP contribution in [0.5, 0.6) is 0 Å². The summed E-state index contributed by atoms with van der Waals surface area (Å²) in [5, 5.41) is 4.29. The molecular weight excluding hydrogens is 294 g/mol. The molecule has 0 aliphatic rings. The molecule has 0 aliphatic heterocycles. The van der Waals surface area contributed by atoms with Crippen molar-refractivity contribution in [3.63, 3.8) is 0 Å². The Morgan fingerprint density at radius 2 is 1.67 bits per heavy atom. The molecule has 24 heavy (non-hydrogen) atoms. The van der Waals surface area contributed by atoms with Gasteiger partial charge in [0.05, 0.1) is 5.69 Å². The van der Waals surface area contributed by atoms with E-state index in [4.69, 9.17) is 8.53 Å². The van der Waals surface area contributed by atoms with Gasteiger partial charge in [0.1, 0.15) is 11.2 Å². The molecule has 0 unspecified atom stereocenters. The van der Waals surface area contributed by atoms with E-state index in [1.165, 1.54) is 6.20 Å². The standard InChI is InChI=1S/C22H15NO/c1-14-9-12-20(23-13-14)19-8-4-7-17-18-11-10-15-5-2-3-6-16(15)21(18)24-22(17)19/h2-13H,1H3/i1D3. The molecule has 0 saturated heterocycles. The van der Waals surface area contributed by atoms with E-state index in [-0.39, 0.29) is 5.56 Å². The highest BCUT2D eigenvalue weighted by Gasteiger charge is 2.14. The summed E-state index contributed by atoms with van der Waals surface area (Å²) in [6.07, 6.45) is 1.42. The molecule has 2 nitrogen and oxygen atoms in total. The first-order valence-electron chi connectivity index (χ1n) is 9.32. The summed E-state index contributed by atoms with van der Waals surface area (Å²) in [5.74, 6) is 0. The number of hydrogen-bond acceptors (Lipinski definition) is 2. The third-order valence-electron chi connectivity index (χ3n) is 4.43. The lowest BCUT2D eigenvalue weighted by Gasteiger charge is -2.02. The number of hydrogen-bond donors (Lipinski definition) is 0. The number of rotatable bonds is 1. The molecule has 2 heteroatoms. The molecule has 0 N–H and O–H groups in total. The molecule has 3 aromatic carbocycles. The Morgan fingerprint density at radius 3 is 2.54 bits per heavy atom. The number of pyridine rings is 1. The van der Waals surface area contributed by atoms with Crippen LogP contribution in [-0.4, -0.2) is 4.98 Å². The number of para-hydroxylation sites is 1. The van der Waals surface area contributed by atoms with Crippen molar-refractivity contribution in [1.29, 1.82) is 0 Å². The average Bonchev–Trinajstić information content (AvgIpc) is 3.07. The van der Waals surface area contributed by atoms with Gasteiger partial charge in [0.25, 0.3) is 0 Å². The molecule has 2 heterocycles. The monoisotopic (exact) mass is 312 g/mol. The van der Waals surface area contributed by atoms with Crippen LogP contribution >= 0.6 is 0 Å². The van der Waals surface area contributed by atoms with Crippen LogP contribution < -0.4 is 0 Å². The van der Waals surface area contributed by atoms with Crippen LogP contribution in [0.15, 0.2) is 77.3 Å². The van der Waals surface area contributed by atoms with Crippen molar-refractivity contribution in [2.75, 3.05) is 0 Å². The van der Waals surface area contributed by atoms with Crippen LogP contribution in [0.2, 0.25) is 0 Å². The molecule has 0 spiro atoms. The lowest BCUT2D eigenvalue weighted by atomic mass is 10.0. The zero-order valence-corrected chi connectivity index (χ0v) is 12.8. The average molecular weight is 312 g/mol. The predicted octanol–water partition coefficient (Wildman–Crippen LogP) is 6.11. The molecule has 114 valence electrons. The number of furan rings is 1. The normalized spacial score (nSPS) is 13.9. The van der Waals surface area contributed by atoms with Crippen molar-refractivity contribution < 1.29 is 8.53 Å². The van der Waals surface area contributed by atoms with Gasteiger partial charge in [0, 0.05) is 32.0 Å². The van der Waals surface area contributed by atoms with Crippen molar-refractivity contribution in [2.24, 2.45) is 0 Å². The van der Waals surface area contributed by atoms with Crippen LogP contribution in [0.4, 0.5) is 0 Å². The van der Waals surface area contributed by atoms with Gasteiger partial charge < -0.3 is 4.42 Å². The highest BCUT2D eigenvalue weighted by atomic mass is 16.3. The summed E-state index contributed by atoms with van der Waals surface area (Å²) >= 11 is 0. The number of fused-ring (bicyclic) bond motifs is 5. The van der Waals surface area contributed by atoms with E-state index in [1.807, 2.05) is 30.3 Å². The van der Waals surface area contributed by atoms with Gasteiger partial charge in [0.15, 0.2) is 0 Å². The Morgan fingerprint density at radius 1 is 0.792 bits per heavy atom. The fourth-order valence-corrected chi connectivity index (χ4v) is 3.28. The van der Waals surface area contributed by atoms with Gasteiger partial charge in [-0.1, -0.05) is 48.5 Å². The van der Waals surface area contributed by atoms with Gasteiger partial charge >= 0.3 is 0 Å². The van der Waals surface area contributed by atoms with E-state index < -0.39 is 6.85 Å². The van der Waals surface area contributed by atoms with E-state index in [2.05, 4.69) is 29.2 Å². The largest absolute Gasteiger partial charge is 0.455 e. The van der Waals surface area contributed by atoms with Gasteiger partial charge in [-0.25, -0.2) is 0 Å². The topological polar surface area (TPSA) is 26.0 Å². The summed E-state index contributed by atoms with van der Waals surface area (Å²) in [6, 6.07) is 21.6. The molecular formula is C22H15NO. The first-order valence-corrected chi connectivity index (χ1v) is 7.82. The van der Waals surface area contributed by atoms with Gasteiger partial charge in [0.2, 0.25) is 0 Å². The van der Waals surface area contributed by atoms with Gasteiger partial charge in [-0.2, -0.15) is 0 Å². The van der Waals surface area contributed by atoms with Crippen LogP contribution in [0.25, 0.3) is 44.0 Å². The zero-order valence-electron chi connectivity index (χ0n) is 15.8. The Bertz CT molecular complexity index is 1300. The number of aromatic nitrogens is 1. The number of aryl methyl sites for hydroxylation is 1. The Kier molecular flexibility index (Phi) is 2.18. The van der Waals surface area contributed by atoms with Crippen molar-refractivity contribution >= 4 is 32.7 Å². The molecule has 2 aromatic heterocycles. The van der Waals surface area contributed by atoms with Crippen molar-refractivity contribution in [3.8, 4) is 11.3 Å². The molecule has 0 saturated carbocycles. The predicted molar refractivity (Wildman–Crippen MR) is 99.2 cm³/mol. The molecule has 5 aromatic rings.